The van der Waals surface area contributed by atoms with Crippen LogP contribution in [-0.2, 0) is 6.54 Å². The number of hydrogen-bond donors (Lipinski definition) is 1. The van der Waals surface area contributed by atoms with Crippen molar-refractivity contribution < 1.29 is 4.39 Å². The van der Waals surface area contributed by atoms with E-state index in [-0.39, 0.29) is 17.9 Å². The Bertz CT molecular complexity index is 570. The molecule has 0 aromatic heterocycles. The molecule has 2 aromatic rings. The minimum Gasteiger partial charge on any atom is -0.326 e. The molecule has 0 radical (unpaired) electrons. The standard InChI is InChI=1S/C17H19FN2/c18-15-9-5-4-8-14(15)17-16(19)10-11-20(17)12-13-6-2-1-3-7-13/h1-9,16-17H,10-12,19H2. The number of hydrogen-bond acceptors (Lipinski definition) is 2. The molecular formula is C17H19FN2. The Hall–Kier alpha value is -1.71. The van der Waals surface area contributed by atoms with Gasteiger partial charge in [-0.3, -0.25) is 4.90 Å². The van der Waals surface area contributed by atoms with Gasteiger partial charge in [0.15, 0.2) is 0 Å². The highest BCUT2D eigenvalue weighted by molar-refractivity contribution is 5.25. The summed E-state index contributed by atoms with van der Waals surface area (Å²) >= 11 is 0. The van der Waals surface area contributed by atoms with E-state index >= 15 is 0 Å². The van der Waals surface area contributed by atoms with Gasteiger partial charge in [0.05, 0.1) is 6.04 Å². The van der Waals surface area contributed by atoms with Crippen LogP contribution in [0.15, 0.2) is 54.6 Å². The zero-order valence-corrected chi connectivity index (χ0v) is 11.4. The Labute approximate surface area is 119 Å². The molecule has 2 aromatic carbocycles. The van der Waals surface area contributed by atoms with Crippen LogP contribution in [0.4, 0.5) is 4.39 Å². The average Bonchev–Trinajstić information content (AvgIpc) is 2.82. The second-order valence-electron chi connectivity index (χ2n) is 5.37. The fraction of sp³-hybridized carbons (Fsp3) is 0.294. The van der Waals surface area contributed by atoms with Crippen molar-refractivity contribution >= 4 is 0 Å². The number of benzene rings is 2. The summed E-state index contributed by atoms with van der Waals surface area (Å²) in [6.07, 6.45) is 0.909. The van der Waals surface area contributed by atoms with Gasteiger partial charge in [-0.1, -0.05) is 48.5 Å². The lowest BCUT2D eigenvalue weighted by molar-refractivity contribution is 0.234. The number of rotatable bonds is 3. The molecule has 1 fully saturated rings. The van der Waals surface area contributed by atoms with Crippen LogP contribution in [0.1, 0.15) is 23.6 Å². The van der Waals surface area contributed by atoms with E-state index in [0.717, 1.165) is 19.5 Å². The van der Waals surface area contributed by atoms with Crippen LogP contribution in [0.5, 0.6) is 0 Å². The van der Waals surface area contributed by atoms with E-state index in [9.17, 15) is 4.39 Å². The maximum absolute atomic E-state index is 14.0. The normalized spacial score (nSPS) is 23.1. The predicted octanol–water partition coefficient (Wildman–Crippen LogP) is 3.10. The van der Waals surface area contributed by atoms with Gasteiger partial charge in [0.2, 0.25) is 0 Å². The Morgan fingerprint density at radius 1 is 1.05 bits per heavy atom. The fourth-order valence-electron chi connectivity index (χ4n) is 3.02. The summed E-state index contributed by atoms with van der Waals surface area (Å²) < 4.78 is 14.0. The fourth-order valence-corrected chi connectivity index (χ4v) is 3.02. The third-order valence-corrected chi connectivity index (χ3v) is 4.00. The minimum absolute atomic E-state index is 0.00406. The molecule has 104 valence electrons. The van der Waals surface area contributed by atoms with Gasteiger partial charge in [0.25, 0.3) is 0 Å². The molecule has 3 heteroatoms. The smallest absolute Gasteiger partial charge is 0.128 e. The summed E-state index contributed by atoms with van der Waals surface area (Å²) in [6, 6.07) is 17.2. The molecule has 3 rings (SSSR count). The molecule has 2 unspecified atom stereocenters. The van der Waals surface area contributed by atoms with E-state index in [1.807, 2.05) is 30.3 Å². The lowest BCUT2D eigenvalue weighted by Gasteiger charge is -2.27. The summed E-state index contributed by atoms with van der Waals surface area (Å²) in [4.78, 5) is 2.28. The summed E-state index contributed by atoms with van der Waals surface area (Å²) in [7, 11) is 0. The van der Waals surface area contributed by atoms with Crippen molar-refractivity contribution in [1.82, 2.24) is 4.90 Å². The average molecular weight is 270 g/mol. The van der Waals surface area contributed by atoms with E-state index in [2.05, 4.69) is 17.0 Å². The highest BCUT2D eigenvalue weighted by Crippen LogP contribution is 2.33. The SMILES string of the molecule is NC1CCN(Cc2ccccc2)C1c1ccccc1F. The van der Waals surface area contributed by atoms with Crippen molar-refractivity contribution in [3.05, 3.63) is 71.5 Å². The molecule has 2 nitrogen and oxygen atoms in total. The van der Waals surface area contributed by atoms with Crippen molar-refractivity contribution in [2.45, 2.75) is 25.0 Å². The maximum atomic E-state index is 14.0. The van der Waals surface area contributed by atoms with Crippen LogP contribution in [0.2, 0.25) is 0 Å². The van der Waals surface area contributed by atoms with Crippen LogP contribution in [-0.4, -0.2) is 17.5 Å². The van der Waals surface area contributed by atoms with Gasteiger partial charge in [0.1, 0.15) is 5.82 Å². The van der Waals surface area contributed by atoms with Gasteiger partial charge in [0, 0.05) is 24.7 Å². The van der Waals surface area contributed by atoms with Crippen LogP contribution in [0.25, 0.3) is 0 Å². The molecular weight excluding hydrogens is 251 g/mol. The number of nitrogens with zero attached hydrogens (tertiary/aromatic N) is 1. The van der Waals surface area contributed by atoms with Crippen LogP contribution in [0.3, 0.4) is 0 Å². The molecule has 0 bridgehead atoms. The summed E-state index contributed by atoms with van der Waals surface area (Å²) in [6.45, 7) is 1.72. The summed E-state index contributed by atoms with van der Waals surface area (Å²) in [5.41, 5.74) is 8.17. The maximum Gasteiger partial charge on any atom is 0.128 e. The third kappa shape index (κ3) is 2.60. The Balaban J connectivity index is 1.86. The lowest BCUT2D eigenvalue weighted by Crippen LogP contribution is -2.32. The summed E-state index contributed by atoms with van der Waals surface area (Å²) in [5, 5.41) is 0. The lowest BCUT2D eigenvalue weighted by atomic mass is 10.00. The molecule has 0 aliphatic carbocycles. The number of nitrogens with two attached hydrogens (primary N) is 1. The van der Waals surface area contributed by atoms with Gasteiger partial charge < -0.3 is 5.73 Å². The van der Waals surface area contributed by atoms with E-state index in [4.69, 9.17) is 5.73 Å². The summed E-state index contributed by atoms with van der Waals surface area (Å²) in [5.74, 6) is -0.159. The zero-order chi connectivity index (χ0) is 13.9. The monoisotopic (exact) mass is 270 g/mol. The van der Waals surface area contributed by atoms with Gasteiger partial charge in [-0.2, -0.15) is 0 Å². The van der Waals surface area contributed by atoms with Crippen LogP contribution >= 0.6 is 0 Å². The minimum atomic E-state index is -0.159. The second-order valence-corrected chi connectivity index (χ2v) is 5.37. The zero-order valence-electron chi connectivity index (χ0n) is 11.4. The highest BCUT2D eigenvalue weighted by Gasteiger charge is 2.34. The Kier molecular flexibility index (Phi) is 3.81. The molecule has 1 saturated heterocycles. The van der Waals surface area contributed by atoms with Gasteiger partial charge in [-0.15, -0.1) is 0 Å². The molecule has 1 aliphatic heterocycles. The first-order chi connectivity index (χ1) is 9.75. The van der Waals surface area contributed by atoms with Crippen molar-refractivity contribution in [2.24, 2.45) is 5.73 Å². The van der Waals surface area contributed by atoms with Gasteiger partial charge >= 0.3 is 0 Å². The van der Waals surface area contributed by atoms with Crippen molar-refractivity contribution in [3.63, 3.8) is 0 Å². The van der Waals surface area contributed by atoms with E-state index < -0.39 is 0 Å². The van der Waals surface area contributed by atoms with Crippen LogP contribution < -0.4 is 5.73 Å². The molecule has 0 amide bonds. The molecule has 0 spiro atoms. The predicted molar refractivity (Wildman–Crippen MR) is 78.6 cm³/mol. The topological polar surface area (TPSA) is 29.3 Å². The molecule has 2 N–H and O–H groups in total. The third-order valence-electron chi connectivity index (χ3n) is 4.00. The van der Waals surface area contributed by atoms with Crippen LogP contribution in [0, 0.1) is 5.82 Å². The van der Waals surface area contributed by atoms with Crippen molar-refractivity contribution in [1.29, 1.82) is 0 Å². The number of halogens is 1. The molecule has 2 atom stereocenters. The second kappa shape index (κ2) is 5.73. The quantitative estimate of drug-likeness (QED) is 0.928. The van der Waals surface area contributed by atoms with Crippen molar-refractivity contribution in [2.75, 3.05) is 6.54 Å². The van der Waals surface area contributed by atoms with E-state index in [1.165, 1.54) is 11.6 Å². The van der Waals surface area contributed by atoms with E-state index in [1.54, 1.807) is 6.07 Å². The highest BCUT2D eigenvalue weighted by atomic mass is 19.1. The van der Waals surface area contributed by atoms with Gasteiger partial charge in [-0.05, 0) is 18.1 Å². The van der Waals surface area contributed by atoms with Gasteiger partial charge in [-0.25, -0.2) is 4.39 Å². The molecule has 20 heavy (non-hydrogen) atoms. The first-order valence-electron chi connectivity index (χ1n) is 7.03. The Morgan fingerprint density at radius 2 is 1.75 bits per heavy atom. The molecule has 1 aliphatic rings. The molecule has 0 saturated carbocycles. The van der Waals surface area contributed by atoms with Crippen molar-refractivity contribution in [3.8, 4) is 0 Å². The Morgan fingerprint density at radius 3 is 2.50 bits per heavy atom. The number of likely N-dealkylation sites (tertiary alicyclic amines) is 1. The molecule has 1 heterocycles. The van der Waals surface area contributed by atoms with E-state index in [0.29, 0.717) is 5.56 Å². The largest absolute Gasteiger partial charge is 0.326 e. The first-order valence-corrected chi connectivity index (χ1v) is 7.03. The first kappa shape index (κ1) is 13.3.